The van der Waals surface area contributed by atoms with Gasteiger partial charge in [0.25, 0.3) is 5.91 Å². The second-order valence-electron chi connectivity index (χ2n) is 1.87. The van der Waals surface area contributed by atoms with Crippen LogP contribution in [0.5, 0.6) is 0 Å². The van der Waals surface area contributed by atoms with Crippen molar-refractivity contribution in [3.63, 3.8) is 0 Å². The fourth-order valence-corrected chi connectivity index (χ4v) is 1.35. The fraction of sp³-hybridized carbons (Fsp3) is 0.200. The Balaban J connectivity index is 3.23. The highest BCUT2D eigenvalue weighted by molar-refractivity contribution is 7.10. The Morgan fingerprint density at radius 2 is 2.30 bits per heavy atom. The van der Waals surface area contributed by atoms with Crippen molar-refractivity contribution in [3.8, 4) is 0 Å². The smallest absolute Gasteiger partial charge is 0.253 e. The van der Waals surface area contributed by atoms with E-state index in [2.05, 4.69) is 4.37 Å². The molecule has 1 aromatic heterocycles. The average molecular weight is 157 g/mol. The molecule has 0 saturated heterocycles. The van der Waals surface area contributed by atoms with Crippen LogP contribution in [0.4, 0.5) is 5.00 Å². The highest BCUT2D eigenvalue weighted by atomic mass is 32.1. The molecule has 54 valence electrons. The van der Waals surface area contributed by atoms with Gasteiger partial charge in [0, 0.05) is 0 Å². The number of aromatic nitrogens is 1. The third kappa shape index (κ3) is 0.950. The van der Waals surface area contributed by atoms with Crippen LogP contribution < -0.4 is 11.5 Å². The summed E-state index contributed by atoms with van der Waals surface area (Å²) in [6, 6.07) is 0. The molecule has 0 spiro atoms. The van der Waals surface area contributed by atoms with E-state index in [-0.39, 0.29) is 0 Å². The first-order valence-electron chi connectivity index (χ1n) is 2.64. The summed E-state index contributed by atoms with van der Waals surface area (Å²) in [5.41, 5.74) is 11.4. The van der Waals surface area contributed by atoms with Crippen LogP contribution in [0.1, 0.15) is 16.1 Å². The van der Waals surface area contributed by atoms with Crippen LogP contribution in [0, 0.1) is 6.92 Å². The minimum absolute atomic E-state index is 0.352. The number of carbonyl (C=O) groups is 1. The molecule has 0 unspecified atom stereocenters. The molecule has 4 N–H and O–H groups in total. The first kappa shape index (κ1) is 7.01. The van der Waals surface area contributed by atoms with E-state index in [9.17, 15) is 4.79 Å². The zero-order valence-electron chi connectivity index (χ0n) is 5.42. The molecule has 0 atom stereocenters. The molecule has 0 aliphatic rings. The van der Waals surface area contributed by atoms with Crippen LogP contribution in [-0.4, -0.2) is 10.3 Å². The van der Waals surface area contributed by atoms with Crippen molar-refractivity contribution in [2.75, 3.05) is 5.73 Å². The van der Waals surface area contributed by atoms with Crippen LogP contribution in [0.15, 0.2) is 0 Å². The maximum absolute atomic E-state index is 10.6. The normalized spacial score (nSPS) is 9.70. The van der Waals surface area contributed by atoms with E-state index < -0.39 is 5.91 Å². The van der Waals surface area contributed by atoms with E-state index in [1.807, 2.05) is 0 Å². The Kier molecular flexibility index (Phi) is 1.58. The molecule has 0 aliphatic carbocycles. The van der Waals surface area contributed by atoms with E-state index >= 15 is 0 Å². The predicted octanol–water partition coefficient (Wildman–Crippen LogP) is 0.133. The zero-order chi connectivity index (χ0) is 7.72. The van der Waals surface area contributed by atoms with E-state index in [1.165, 1.54) is 0 Å². The maximum atomic E-state index is 10.6. The molecule has 0 fully saturated rings. The molecule has 0 radical (unpaired) electrons. The number of nitrogens with two attached hydrogens (primary N) is 2. The molecule has 0 bridgehead atoms. The zero-order valence-corrected chi connectivity index (χ0v) is 6.23. The second-order valence-corrected chi connectivity index (χ2v) is 2.68. The molecule has 5 heteroatoms. The summed E-state index contributed by atoms with van der Waals surface area (Å²) >= 11 is 1.09. The molecule has 10 heavy (non-hydrogen) atoms. The van der Waals surface area contributed by atoms with Gasteiger partial charge in [-0.2, -0.15) is 4.37 Å². The van der Waals surface area contributed by atoms with Crippen molar-refractivity contribution in [2.45, 2.75) is 6.92 Å². The van der Waals surface area contributed by atoms with Gasteiger partial charge in [-0.15, -0.1) is 0 Å². The molecule has 1 aromatic rings. The molecule has 4 nitrogen and oxygen atoms in total. The average Bonchev–Trinajstić information content (AvgIpc) is 2.11. The number of nitrogen functional groups attached to an aromatic ring is 1. The number of nitrogens with zero attached hydrogens (tertiary/aromatic N) is 1. The van der Waals surface area contributed by atoms with E-state index in [1.54, 1.807) is 6.92 Å². The van der Waals surface area contributed by atoms with E-state index in [4.69, 9.17) is 11.5 Å². The molecule has 0 aliphatic heterocycles. The summed E-state index contributed by atoms with van der Waals surface area (Å²) in [5, 5.41) is 0.394. The molecule has 1 heterocycles. The molecule has 1 amide bonds. The number of amides is 1. The van der Waals surface area contributed by atoms with Crippen molar-refractivity contribution >= 4 is 22.4 Å². The van der Waals surface area contributed by atoms with Gasteiger partial charge in [-0.25, -0.2) is 0 Å². The topological polar surface area (TPSA) is 82.0 Å². The van der Waals surface area contributed by atoms with Crippen molar-refractivity contribution in [1.82, 2.24) is 4.37 Å². The number of anilines is 1. The molecule has 0 aromatic carbocycles. The van der Waals surface area contributed by atoms with Gasteiger partial charge in [-0.1, -0.05) is 0 Å². The van der Waals surface area contributed by atoms with Gasteiger partial charge < -0.3 is 11.5 Å². The highest BCUT2D eigenvalue weighted by Gasteiger charge is 2.11. The first-order valence-corrected chi connectivity index (χ1v) is 3.42. The summed E-state index contributed by atoms with van der Waals surface area (Å²) in [4.78, 5) is 10.6. The summed E-state index contributed by atoms with van der Waals surface area (Å²) in [6.07, 6.45) is 0. The van der Waals surface area contributed by atoms with Crippen molar-refractivity contribution in [3.05, 3.63) is 11.3 Å². The first-order chi connectivity index (χ1) is 4.63. The van der Waals surface area contributed by atoms with Crippen molar-refractivity contribution in [1.29, 1.82) is 0 Å². The summed E-state index contributed by atoms with van der Waals surface area (Å²) in [6.45, 7) is 1.70. The van der Waals surface area contributed by atoms with Crippen molar-refractivity contribution in [2.24, 2.45) is 5.73 Å². The lowest BCUT2D eigenvalue weighted by atomic mass is 10.2. The Labute approximate surface area is 62.0 Å². The highest BCUT2D eigenvalue weighted by Crippen LogP contribution is 2.19. The van der Waals surface area contributed by atoms with Gasteiger partial charge in [-0.3, -0.25) is 4.79 Å². The third-order valence-electron chi connectivity index (χ3n) is 1.14. The predicted molar refractivity (Wildman–Crippen MR) is 39.8 cm³/mol. The van der Waals surface area contributed by atoms with Crippen LogP contribution >= 0.6 is 11.5 Å². The van der Waals surface area contributed by atoms with E-state index in [0.29, 0.717) is 16.3 Å². The van der Waals surface area contributed by atoms with Crippen molar-refractivity contribution < 1.29 is 4.79 Å². The minimum Gasteiger partial charge on any atom is -0.389 e. The number of hydrogen-bond donors (Lipinski definition) is 2. The van der Waals surface area contributed by atoms with Gasteiger partial charge >= 0.3 is 0 Å². The number of primary amides is 1. The molecule has 0 saturated carbocycles. The molecular formula is C5H7N3OS. The largest absolute Gasteiger partial charge is 0.389 e. The number of hydrogen-bond acceptors (Lipinski definition) is 4. The summed E-state index contributed by atoms with van der Waals surface area (Å²) < 4.78 is 3.85. The molecular weight excluding hydrogens is 150 g/mol. The lowest BCUT2D eigenvalue weighted by Crippen LogP contribution is -2.13. The fourth-order valence-electron chi connectivity index (χ4n) is 0.687. The van der Waals surface area contributed by atoms with Crippen LogP contribution in [0.25, 0.3) is 0 Å². The lowest BCUT2D eigenvalue weighted by Gasteiger charge is -1.90. The SMILES string of the molecule is Cc1nsc(N)c1C(N)=O. The monoisotopic (exact) mass is 157 g/mol. The van der Waals surface area contributed by atoms with Gasteiger partial charge in [0.1, 0.15) is 5.00 Å². The van der Waals surface area contributed by atoms with Crippen LogP contribution in [0.2, 0.25) is 0 Å². The minimum atomic E-state index is -0.510. The van der Waals surface area contributed by atoms with Gasteiger partial charge in [0.2, 0.25) is 0 Å². The Morgan fingerprint density at radius 1 is 1.70 bits per heavy atom. The summed E-state index contributed by atoms with van der Waals surface area (Å²) in [5.74, 6) is -0.510. The second kappa shape index (κ2) is 2.26. The van der Waals surface area contributed by atoms with Gasteiger partial charge in [0.15, 0.2) is 0 Å². The Hall–Kier alpha value is -1.10. The van der Waals surface area contributed by atoms with Crippen LogP contribution in [-0.2, 0) is 0 Å². The van der Waals surface area contributed by atoms with E-state index in [0.717, 1.165) is 11.5 Å². The summed E-state index contributed by atoms with van der Waals surface area (Å²) in [7, 11) is 0. The lowest BCUT2D eigenvalue weighted by molar-refractivity contribution is 0.100. The Morgan fingerprint density at radius 3 is 2.50 bits per heavy atom. The Bertz CT molecular complexity index is 248. The maximum Gasteiger partial charge on any atom is 0.253 e. The number of aryl methyl sites for hydroxylation is 1. The number of carbonyl (C=O) groups excluding carboxylic acids is 1. The van der Waals surface area contributed by atoms with Gasteiger partial charge in [-0.05, 0) is 18.5 Å². The standard InChI is InChI=1S/C5H7N3OS/c1-2-3(4(6)9)5(7)10-8-2/h7H2,1H3,(H2,6,9). The van der Waals surface area contributed by atoms with Gasteiger partial charge in [0.05, 0.1) is 11.3 Å². The van der Waals surface area contributed by atoms with Crippen LogP contribution in [0.3, 0.4) is 0 Å². The molecule has 1 rings (SSSR count). The number of rotatable bonds is 1. The quantitative estimate of drug-likeness (QED) is 0.608. The third-order valence-corrected chi connectivity index (χ3v) is 1.90.